The van der Waals surface area contributed by atoms with E-state index in [0.29, 0.717) is 31.8 Å². The molecule has 0 bridgehead atoms. The summed E-state index contributed by atoms with van der Waals surface area (Å²) < 4.78 is 5.79. The number of benzene rings is 2. The van der Waals surface area contributed by atoms with Crippen LogP contribution in [0.1, 0.15) is 131 Å². The van der Waals surface area contributed by atoms with Gasteiger partial charge in [0.1, 0.15) is 17.5 Å². The Labute approximate surface area is 310 Å². The van der Waals surface area contributed by atoms with E-state index in [0.717, 1.165) is 41.0 Å². The number of aliphatic carboxylic acids is 1. The minimum absolute atomic E-state index is 0.00547. The van der Waals surface area contributed by atoms with Crippen LogP contribution in [-0.4, -0.2) is 75.3 Å². The summed E-state index contributed by atoms with van der Waals surface area (Å²) in [5.74, 6) is 0.479. The van der Waals surface area contributed by atoms with Crippen molar-refractivity contribution in [2.75, 3.05) is 33.3 Å². The number of phenolic OH excluding ortho intramolecular Hbond substituents is 1. The second kappa shape index (κ2) is 14.6. The van der Waals surface area contributed by atoms with Gasteiger partial charge >= 0.3 is 5.97 Å². The number of hydrogen-bond donors (Lipinski definition) is 2. The molecule has 2 N–H and O–H groups in total. The molecule has 2 saturated heterocycles. The van der Waals surface area contributed by atoms with E-state index in [1.807, 2.05) is 33.3 Å². The first kappa shape index (κ1) is 40.4. The Bertz CT molecular complexity index is 1500. The summed E-state index contributed by atoms with van der Waals surface area (Å²) in [7, 11) is 1.77. The van der Waals surface area contributed by atoms with E-state index in [1.165, 1.54) is 16.0 Å². The maximum Gasteiger partial charge on any atom is 0.320 e. The van der Waals surface area contributed by atoms with Crippen molar-refractivity contribution in [3.63, 3.8) is 0 Å². The number of likely N-dealkylation sites (tertiary alicyclic amines) is 2. The Hall–Kier alpha value is -2.36. The van der Waals surface area contributed by atoms with Crippen molar-refractivity contribution in [1.82, 2.24) is 9.80 Å². The Morgan fingerprint density at radius 1 is 0.760 bits per heavy atom. The summed E-state index contributed by atoms with van der Waals surface area (Å²) in [4.78, 5) is 31.5. The SMILES string of the molecule is COc1c(C(C)(C)C)cc(SC2(Sc3cc(C(C)(C)C)c(O)c(C(C)(C)C)c3)CCN(C(=O)CN3CCC[C@H]3C(=O)O)CC2)cc1C(C)(C)C. The number of carbonyl (C=O) groups is 2. The standard InChI is InChI=1S/C41H62N2O5S2/c1-37(2,3)28-21-26(22-29(34(28)45)38(4,5)6)49-41(16-19-42(20-17-41)33(44)25-43-18-14-15-32(43)36(46)47)50-27-23-30(39(7,8)9)35(48-13)31(24-27)40(10,11)12/h21-24,32,45H,14-20,25H2,1-13H3,(H,46,47)/t32-/m0/s1. The van der Waals surface area contributed by atoms with Gasteiger partial charge in [-0.2, -0.15) is 0 Å². The molecule has 1 amide bonds. The largest absolute Gasteiger partial charge is 0.507 e. The lowest BCUT2D eigenvalue weighted by Crippen LogP contribution is -2.49. The molecule has 0 spiro atoms. The molecule has 7 nitrogen and oxygen atoms in total. The van der Waals surface area contributed by atoms with Crippen LogP contribution in [0.5, 0.6) is 11.5 Å². The van der Waals surface area contributed by atoms with Crippen LogP contribution in [0.4, 0.5) is 0 Å². The summed E-state index contributed by atoms with van der Waals surface area (Å²) in [5, 5.41) is 21.2. The fraction of sp³-hybridized carbons (Fsp3) is 0.659. The molecule has 2 aliphatic rings. The van der Waals surface area contributed by atoms with E-state index >= 15 is 0 Å². The highest BCUT2D eigenvalue weighted by Crippen LogP contribution is 2.55. The van der Waals surface area contributed by atoms with Crippen LogP contribution in [0, 0.1) is 0 Å². The summed E-state index contributed by atoms with van der Waals surface area (Å²) in [6, 6.07) is 8.36. The molecule has 0 aliphatic carbocycles. The summed E-state index contributed by atoms with van der Waals surface area (Å²) >= 11 is 3.75. The molecule has 0 aromatic heterocycles. The quantitative estimate of drug-likeness (QED) is 0.260. The number of ether oxygens (including phenoxy) is 1. The summed E-state index contributed by atoms with van der Waals surface area (Å²) in [5.41, 5.74) is 3.45. The van der Waals surface area contributed by atoms with Crippen molar-refractivity contribution in [1.29, 1.82) is 0 Å². The van der Waals surface area contributed by atoms with Gasteiger partial charge in [-0.1, -0.05) is 83.1 Å². The van der Waals surface area contributed by atoms with Crippen molar-refractivity contribution in [2.45, 2.75) is 150 Å². The van der Waals surface area contributed by atoms with E-state index in [1.54, 1.807) is 7.11 Å². The number of nitrogens with zero attached hydrogens (tertiary/aromatic N) is 2. The molecular formula is C41H62N2O5S2. The topological polar surface area (TPSA) is 90.3 Å². The van der Waals surface area contributed by atoms with Crippen LogP contribution < -0.4 is 4.74 Å². The number of hydrogen-bond acceptors (Lipinski definition) is 7. The number of thioether (sulfide) groups is 2. The first-order chi connectivity index (χ1) is 22.9. The number of carboxylic acid groups (broad SMARTS) is 1. The molecule has 1 atom stereocenters. The first-order valence-electron chi connectivity index (χ1n) is 18.1. The number of phenols is 1. The van der Waals surface area contributed by atoms with Gasteiger partial charge in [0.05, 0.1) is 17.7 Å². The number of amides is 1. The molecule has 278 valence electrons. The van der Waals surface area contributed by atoms with Gasteiger partial charge in [0, 0.05) is 45.1 Å². The molecule has 9 heteroatoms. The lowest BCUT2D eigenvalue weighted by Gasteiger charge is -2.42. The maximum atomic E-state index is 13.6. The molecule has 2 aromatic carbocycles. The fourth-order valence-corrected chi connectivity index (χ4v) is 10.2. The van der Waals surface area contributed by atoms with Crippen LogP contribution >= 0.6 is 23.5 Å². The Kier molecular flexibility index (Phi) is 11.8. The summed E-state index contributed by atoms with van der Waals surface area (Å²) in [6.45, 7) is 28.2. The number of piperidine rings is 1. The number of aromatic hydroxyl groups is 1. The summed E-state index contributed by atoms with van der Waals surface area (Å²) in [6.07, 6.45) is 2.91. The highest BCUT2D eigenvalue weighted by atomic mass is 32.2. The molecule has 2 fully saturated rings. The normalized spacial score (nSPS) is 19.1. The van der Waals surface area contributed by atoms with Crippen molar-refractivity contribution in [3.05, 3.63) is 46.5 Å². The van der Waals surface area contributed by atoms with Crippen molar-refractivity contribution < 1.29 is 24.5 Å². The lowest BCUT2D eigenvalue weighted by atomic mass is 9.79. The van der Waals surface area contributed by atoms with Crippen LogP contribution in [-0.2, 0) is 31.2 Å². The van der Waals surface area contributed by atoms with Crippen LogP contribution in [0.25, 0.3) is 0 Å². The average molecular weight is 727 g/mol. The molecule has 50 heavy (non-hydrogen) atoms. The predicted octanol–water partition coefficient (Wildman–Crippen LogP) is 9.34. The number of rotatable bonds is 8. The predicted molar refractivity (Wildman–Crippen MR) is 208 cm³/mol. The van der Waals surface area contributed by atoms with Crippen LogP contribution in [0.15, 0.2) is 34.1 Å². The number of carboxylic acids is 1. The molecule has 2 heterocycles. The van der Waals surface area contributed by atoms with E-state index < -0.39 is 12.0 Å². The third kappa shape index (κ3) is 9.16. The van der Waals surface area contributed by atoms with Gasteiger partial charge in [0.2, 0.25) is 5.91 Å². The second-order valence-corrected chi connectivity index (χ2v) is 21.6. The van der Waals surface area contributed by atoms with Gasteiger partial charge in [-0.25, -0.2) is 0 Å². The minimum Gasteiger partial charge on any atom is -0.507 e. The third-order valence-electron chi connectivity index (χ3n) is 10.1. The molecule has 0 saturated carbocycles. The van der Waals surface area contributed by atoms with Crippen molar-refractivity contribution in [2.24, 2.45) is 0 Å². The zero-order valence-electron chi connectivity index (χ0n) is 32.9. The molecule has 0 radical (unpaired) electrons. The lowest BCUT2D eigenvalue weighted by molar-refractivity contribution is -0.143. The van der Waals surface area contributed by atoms with Gasteiger partial charge in [-0.3, -0.25) is 14.5 Å². The van der Waals surface area contributed by atoms with Crippen LogP contribution in [0.2, 0.25) is 0 Å². The zero-order chi connectivity index (χ0) is 37.6. The Morgan fingerprint density at radius 2 is 1.18 bits per heavy atom. The van der Waals surface area contributed by atoms with E-state index in [4.69, 9.17) is 4.74 Å². The zero-order valence-corrected chi connectivity index (χ0v) is 34.5. The highest BCUT2D eigenvalue weighted by molar-refractivity contribution is 8.18. The first-order valence-corrected chi connectivity index (χ1v) is 19.7. The molecule has 0 unspecified atom stereocenters. The van der Waals surface area contributed by atoms with Gasteiger partial charge < -0.3 is 19.8 Å². The minimum atomic E-state index is -0.845. The van der Waals surface area contributed by atoms with E-state index in [-0.39, 0.29) is 38.2 Å². The molecule has 4 rings (SSSR count). The van der Waals surface area contributed by atoms with Crippen molar-refractivity contribution >= 4 is 35.4 Å². The van der Waals surface area contributed by atoms with E-state index in [9.17, 15) is 19.8 Å². The Morgan fingerprint density at radius 3 is 1.56 bits per heavy atom. The van der Waals surface area contributed by atoms with Gasteiger partial charge in [-0.15, -0.1) is 23.5 Å². The highest BCUT2D eigenvalue weighted by Gasteiger charge is 2.41. The average Bonchev–Trinajstić information content (AvgIpc) is 3.44. The van der Waals surface area contributed by atoms with Crippen molar-refractivity contribution in [3.8, 4) is 11.5 Å². The number of methoxy groups -OCH3 is 1. The van der Waals surface area contributed by atoms with E-state index in [2.05, 4.69) is 107 Å². The monoisotopic (exact) mass is 726 g/mol. The van der Waals surface area contributed by atoms with Gasteiger partial charge in [-0.05, 0) is 78.2 Å². The fourth-order valence-electron chi connectivity index (χ4n) is 7.13. The molecule has 2 aromatic rings. The molecular weight excluding hydrogens is 665 g/mol. The third-order valence-corrected chi connectivity index (χ3v) is 13.1. The maximum absolute atomic E-state index is 13.6. The van der Waals surface area contributed by atoms with Gasteiger partial charge in [0.25, 0.3) is 0 Å². The smallest absolute Gasteiger partial charge is 0.320 e. The second-order valence-electron chi connectivity index (χ2n) is 18.4. The number of carbonyl (C=O) groups excluding carboxylic acids is 1. The van der Waals surface area contributed by atoms with Crippen LogP contribution in [0.3, 0.4) is 0 Å². The Balaban J connectivity index is 1.78. The molecule has 2 aliphatic heterocycles. The van der Waals surface area contributed by atoms with Gasteiger partial charge in [0.15, 0.2) is 0 Å².